The fourth-order valence-electron chi connectivity index (χ4n) is 11.5. The molecule has 6 rings (SSSR count). The molecule has 22 nitrogen and oxygen atoms in total. The standard InChI is InChI=1S/C65H95N11O11/c1-15-40(5)53-62(83)71(11)42(7)56(77)68-48(34-39(3)4)60(81)74(14)55(65(9,10)86)64(85)87-54(41(6)16-2)63(84)72(12)43(8)57(78)69-49(36-44-22-18-17-19-23-44)59(80)73(13)51(61(82)76-31-21-26-50(76)58(79)70-53)37-45-24-20-25-46(35-45)47-27-28-52(67-38-47)75-32-29-66-30-33-75/h17-20,22-25,27-28,35,38-43,48-51,53-55,66,86H,15-16,21,26,29-34,36-37H2,1-14H3,(H,68,77)(H,69,78)(H,70,79)/t40?,41-,42+,43+,48?,49?,50?,51?,53?,54?,55?/m1/s1. The van der Waals surface area contributed by atoms with Crippen molar-refractivity contribution in [1.82, 2.24) is 50.8 Å². The molecule has 4 heterocycles. The molecule has 3 saturated heterocycles. The number of carbonyl (C=O) groups is 9. The van der Waals surface area contributed by atoms with Gasteiger partial charge in [-0.25, -0.2) is 9.78 Å². The lowest BCUT2D eigenvalue weighted by Crippen LogP contribution is -2.62. The van der Waals surface area contributed by atoms with Gasteiger partial charge in [0.25, 0.3) is 5.91 Å². The Hall–Kier alpha value is -7.46. The second kappa shape index (κ2) is 30.4. The lowest BCUT2D eigenvalue weighted by molar-refractivity contribution is -0.177. The Morgan fingerprint density at radius 1 is 0.632 bits per heavy atom. The van der Waals surface area contributed by atoms with E-state index in [0.29, 0.717) is 30.4 Å². The Kier molecular flexibility index (Phi) is 24.0. The third-order valence-corrected chi connectivity index (χ3v) is 17.7. The zero-order valence-corrected chi connectivity index (χ0v) is 53.5. The molecule has 22 heteroatoms. The molecule has 3 fully saturated rings. The Labute approximate surface area is 513 Å². The van der Waals surface area contributed by atoms with Crippen LogP contribution in [0.5, 0.6) is 0 Å². The molecule has 0 radical (unpaired) electrons. The second-order valence-corrected chi connectivity index (χ2v) is 25.0. The number of nitrogens with zero attached hydrogens (tertiary/aromatic N) is 7. The van der Waals surface area contributed by atoms with E-state index in [9.17, 15) is 38.7 Å². The average Bonchev–Trinajstić information content (AvgIpc) is 2.62. The summed E-state index contributed by atoms with van der Waals surface area (Å²) in [4.78, 5) is 147. The molecule has 476 valence electrons. The molecule has 0 saturated carbocycles. The van der Waals surface area contributed by atoms with E-state index in [1.54, 1.807) is 45.0 Å². The number of pyridine rings is 1. The number of ether oxygens (including phenoxy) is 1. The SMILES string of the molecule is CCC(C)C1NC(=O)C2CCCN2C(=O)C(Cc2cccc(-c3ccc(N4CCNCC4)nc3)c2)N(C)C(=O)C(Cc2ccccc2)NC(=O)[C@H](C)N(C)C(=O)C([C@H](C)CC)OC(=O)C(C(C)(C)O)N(C)C(=O)C(CC(C)C)NC(=O)[C@H](C)N(C)C1=O. The van der Waals surface area contributed by atoms with Gasteiger partial charge < -0.3 is 60.5 Å². The summed E-state index contributed by atoms with van der Waals surface area (Å²) >= 11 is 0. The Morgan fingerprint density at radius 2 is 1.23 bits per heavy atom. The first-order valence-corrected chi connectivity index (χ1v) is 30.9. The number of carbonyl (C=O) groups excluding carboxylic acids is 9. The normalized spacial score (nSPS) is 26.1. The monoisotopic (exact) mass is 1210 g/mol. The third kappa shape index (κ3) is 17.0. The molecule has 0 bridgehead atoms. The van der Waals surface area contributed by atoms with Gasteiger partial charge in [-0.2, -0.15) is 0 Å². The zero-order valence-electron chi connectivity index (χ0n) is 53.5. The van der Waals surface area contributed by atoms with E-state index in [4.69, 9.17) is 9.72 Å². The number of aromatic nitrogens is 1. The Morgan fingerprint density at radius 3 is 1.82 bits per heavy atom. The van der Waals surface area contributed by atoms with Crippen molar-refractivity contribution < 1.29 is 53.0 Å². The van der Waals surface area contributed by atoms with Gasteiger partial charge >= 0.3 is 5.97 Å². The maximum Gasteiger partial charge on any atom is 0.332 e. The number of hydrogen-bond acceptors (Lipinski definition) is 14. The molecule has 1 aromatic heterocycles. The fourth-order valence-corrected chi connectivity index (χ4v) is 11.5. The highest BCUT2D eigenvalue weighted by atomic mass is 16.6. The second-order valence-electron chi connectivity index (χ2n) is 25.0. The van der Waals surface area contributed by atoms with Crippen LogP contribution in [0.2, 0.25) is 0 Å². The van der Waals surface area contributed by atoms with Crippen LogP contribution in [0.4, 0.5) is 5.82 Å². The van der Waals surface area contributed by atoms with E-state index < -0.39 is 125 Å². The molecular weight excluding hydrogens is 1110 g/mol. The molecule has 11 atom stereocenters. The van der Waals surface area contributed by atoms with Crippen LogP contribution in [0.15, 0.2) is 72.9 Å². The summed E-state index contributed by atoms with van der Waals surface area (Å²) in [5.41, 5.74) is 1.04. The number of amides is 8. The van der Waals surface area contributed by atoms with Crippen LogP contribution in [0, 0.1) is 17.8 Å². The van der Waals surface area contributed by atoms with Gasteiger partial charge in [-0.05, 0) is 94.0 Å². The summed E-state index contributed by atoms with van der Waals surface area (Å²) in [7, 11) is 5.57. The van der Waals surface area contributed by atoms with Crippen LogP contribution in [0.1, 0.15) is 112 Å². The maximum atomic E-state index is 15.6. The van der Waals surface area contributed by atoms with Gasteiger partial charge in [-0.3, -0.25) is 38.4 Å². The van der Waals surface area contributed by atoms with Crippen molar-refractivity contribution in [3.05, 3.63) is 84.1 Å². The minimum Gasteiger partial charge on any atom is -0.450 e. The zero-order chi connectivity index (χ0) is 64.2. The van der Waals surface area contributed by atoms with E-state index in [1.165, 1.54) is 70.6 Å². The molecule has 0 spiro atoms. The summed E-state index contributed by atoms with van der Waals surface area (Å²) in [6.45, 7) is 19.9. The van der Waals surface area contributed by atoms with Crippen molar-refractivity contribution in [2.75, 3.05) is 65.8 Å². The number of fused-ring (bicyclic) bond motifs is 1. The first-order valence-electron chi connectivity index (χ1n) is 30.9. The molecule has 87 heavy (non-hydrogen) atoms. The molecule has 0 aliphatic carbocycles. The van der Waals surface area contributed by atoms with Crippen molar-refractivity contribution in [2.45, 2.75) is 174 Å². The first-order chi connectivity index (χ1) is 41.1. The first kappa shape index (κ1) is 68.7. The minimum absolute atomic E-state index is 0.0200. The number of hydrogen-bond donors (Lipinski definition) is 5. The number of nitrogens with one attached hydrogen (secondary N) is 4. The topological polar surface area (TPSA) is 264 Å². The van der Waals surface area contributed by atoms with E-state index >= 15 is 9.59 Å². The van der Waals surface area contributed by atoms with Crippen LogP contribution in [-0.2, 0) is 60.7 Å². The summed E-state index contributed by atoms with van der Waals surface area (Å²) in [5.74, 6) is -6.96. The van der Waals surface area contributed by atoms with Crippen LogP contribution in [0.3, 0.4) is 0 Å². The Bertz CT molecular complexity index is 2900. The highest BCUT2D eigenvalue weighted by Crippen LogP contribution is 2.28. The van der Waals surface area contributed by atoms with Crippen molar-refractivity contribution in [3.8, 4) is 11.1 Å². The number of piperazine rings is 1. The van der Waals surface area contributed by atoms with Crippen molar-refractivity contribution in [2.24, 2.45) is 17.8 Å². The summed E-state index contributed by atoms with van der Waals surface area (Å²) in [5, 5.41) is 23.6. The molecule has 3 aromatic rings. The van der Waals surface area contributed by atoms with Gasteiger partial charge in [0.15, 0.2) is 12.1 Å². The van der Waals surface area contributed by atoms with E-state index in [0.717, 1.165) is 52.9 Å². The summed E-state index contributed by atoms with van der Waals surface area (Å²) in [6, 6.07) is 10.3. The molecule has 8 unspecified atom stereocenters. The largest absolute Gasteiger partial charge is 0.450 e. The number of anilines is 1. The quantitative estimate of drug-likeness (QED) is 0.153. The third-order valence-electron chi connectivity index (χ3n) is 17.7. The number of rotatable bonds is 13. The number of cyclic esters (lactones) is 1. The summed E-state index contributed by atoms with van der Waals surface area (Å²) < 4.78 is 6.04. The highest BCUT2D eigenvalue weighted by molar-refractivity contribution is 5.99. The summed E-state index contributed by atoms with van der Waals surface area (Å²) in [6.07, 6.45) is 1.74. The van der Waals surface area contributed by atoms with Crippen LogP contribution in [0.25, 0.3) is 11.1 Å². The highest BCUT2D eigenvalue weighted by Gasteiger charge is 2.47. The molecular formula is C65H95N11O11. The van der Waals surface area contributed by atoms with E-state index in [1.807, 2.05) is 69.4 Å². The average molecular weight is 1210 g/mol. The fraction of sp³-hybridized carbons (Fsp3) is 0.600. The molecule has 8 amide bonds. The van der Waals surface area contributed by atoms with E-state index in [-0.39, 0.29) is 38.1 Å². The van der Waals surface area contributed by atoms with Crippen molar-refractivity contribution in [3.63, 3.8) is 0 Å². The predicted molar refractivity (Wildman–Crippen MR) is 331 cm³/mol. The molecule has 5 N–H and O–H groups in total. The van der Waals surface area contributed by atoms with Gasteiger partial charge in [0.2, 0.25) is 41.4 Å². The lowest BCUT2D eigenvalue weighted by Gasteiger charge is -2.39. The van der Waals surface area contributed by atoms with Gasteiger partial charge in [-0.15, -0.1) is 0 Å². The smallest absolute Gasteiger partial charge is 0.332 e. The van der Waals surface area contributed by atoms with Gasteiger partial charge in [0.05, 0.1) is 5.60 Å². The maximum absolute atomic E-state index is 15.6. The van der Waals surface area contributed by atoms with E-state index in [2.05, 4.69) is 26.2 Å². The van der Waals surface area contributed by atoms with Crippen LogP contribution in [-0.4, -0.2) is 209 Å². The van der Waals surface area contributed by atoms with Gasteiger partial charge in [0, 0.05) is 91.4 Å². The Balaban J connectivity index is 1.46. The van der Waals surface area contributed by atoms with Crippen LogP contribution < -0.4 is 26.2 Å². The number of likely N-dealkylation sites (N-methyl/N-ethyl adjacent to an activating group) is 4. The molecule has 3 aliphatic rings. The van der Waals surface area contributed by atoms with Crippen LogP contribution >= 0.6 is 0 Å². The predicted octanol–water partition coefficient (Wildman–Crippen LogP) is 3.57. The molecule has 3 aliphatic heterocycles. The van der Waals surface area contributed by atoms with Gasteiger partial charge in [0.1, 0.15) is 48.1 Å². The minimum atomic E-state index is -1.97. The van der Waals surface area contributed by atoms with Crippen molar-refractivity contribution in [1.29, 1.82) is 0 Å². The van der Waals surface area contributed by atoms with Crippen molar-refractivity contribution >= 4 is 59.0 Å². The van der Waals surface area contributed by atoms with Gasteiger partial charge in [-0.1, -0.05) is 103 Å². The number of esters is 1. The number of aliphatic hydroxyl groups is 1. The molecule has 2 aromatic carbocycles. The number of benzene rings is 2. The lowest BCUT2D eigenvalue weighted by atomic mass is 9.94.